The fourth-order valence-electron chi connectivity index (χ4n) is 2.09. The van der Waals surface area contributed by atoms with Gasteiger partial charge in [-0.1, -0.05) is 18.2 Å². The summed E-state index contributed by atoms with van der Waals surface area (Å²) >= 11 is 0. The molecule has 1 aromatic heterocycles. The molecule has 0 saturated carbocycles. The van der Waals surface area contributed by atoms with E-state index in [1.54, 1.807) is 12.3 Å². The van der Waals surface area contributed by atoms with Gasteiger partial charge in [0.15, 0.2) is 0 Å². The zero-order valence-corrected chi connectivity index (χ0v) is 11.3. The third-order valence-electron chi connectivity index (χ3n) is 3.10. The van der Waals surface area contributed by atoms with Gasteiger partial charge in [-0.15, -0.1) is 0 Å². The highest BCUT2D eigenvalue weighted by molar-refractivity contribution is 6.05. The summed E-state index contributed by atoms with van der Waals surface area (Å²) in [6.45, 7) is 4.48. The van der Waals surface area contributed by atoms with Crippen LogP contribution in [0.2, 0.25) is 0 Å². The molecule has 4 heteroatoms. The van der Waals surface area contributed by atoms with E-state index >= 15 is 0 Å². The molecule has 0 aliphatic heterocycles. The van der Waals surface area contributed by atoms with Gasteiger partial charge in [-0.25, -0.2) is 0 Å². The molecule has 2 aromatic rings. The summed E-state index contributed by atoms with van der Waals surface area (Å²) in [5.41, 5.74) is 6.57. The molecule has 1 amide bonds. The molecule has 0 bridgehead atoms. The fraction of sp³-hybridized carbons (Fsp3) is 0.333. The van der Waals surface area contributed by atoms with Gasteiger partial charge in [0.2, 0.25) is 0 Å². The zero-order valence-electron chi connectivity index (χ0n) is 11.3. The first-order valence-electron chi connectivity index (χ1n) is 6.40. The molecule has 0 radical (unpaired) electrons. The van der Waals surface area contributed by atoms with Gasteiger partial charge in [-0.05, 0) is 38.9 Å². The largest absolute Gasteiger partial charge is 0.347 e. The topological polar surface area (TPSA) is 68.0 Å². The summed E-state index contributed by atoms with van der Waals surface area (Å²) in [5.74, 6) is -0.109. The second-order valence-corrected chi connectivity index (χ2v) is 5.26. The van der Waals surface area contributed by atoms with Gasteiger partial charge in [0.1, 0.15) is 0 Å². The highest BCUT2D eigenvalue weighted by Crippen LogP contribution is 2.17. The van der Waals surface area contributed by atoms with E-state index < -0.39 is 0 Å². The molecular weight excluding hydrogens is 238 g/mol. The molecule has 100 valence electrons. The van der Waals surface area contributed by atoms with E-state index in [-0.39, 0.29) is 11.4 Å². The predicted molar refractivity (Wildman–Crippen MR) is 77.0 cm³/mol. The number of fused-ring (bicyclic) bond motifs is 1. The second-order valence-electron chi connectivity index (χ2n) is 5.26. The first-order valence-corrected chi connectivity index (χ1v) is 6.40. The Bertz CT molecular complexity index is 587. The number of pyridine rings is 1. The maximum Gasteiger partial charge on any atom is 0.253 e. The highest BCUT2D eigenvalue weighted by Gasteiger charge is 2.21. The van der Waals surface area contributed by atoms with Crippen LogP contribution in [0.3, 0.4) is 0 Å². The summed E-state index contributed by atoms with van der Waals surface area (Å²) in [5, 5.41) is 3.97. The van der Waals surface area contributed by atoms with E-state index in [1.165, 1.54) is 0 Å². The molecule has 4 nitrogen and oxygen atoms in total. The van der Waals surface area contributed by atoms with Gasteiger partial charge in [-0.2, -0.15) is 0 Å². The summed E-state index contributed by atoms with van der Waals surface area (Å²) < 4.78 is 0. The van der Waals surface area contributed by atoms with E-state index in [4.69, 9.17) is 5.73 Å². The molecule has 0 aliphatic carbocycles. The minimum Gasteiger partial charge on any atom is -0.347 e. The Labute approximate surface area is 113 Å². The minimum absolute atomic E-state index is 0.109. The lowest BCUT2D eigenvalue weighted by Crippen LogP contribution is -2.44. The Kier molecular flexibility index (Phi) is 3.81. The molecule has 0 saturated heterocycles. The van der Waals surface area contributed by atoms with Crippen molar-refractivity contribution in [3.05, 3.63) is 42.1 Å². The Morgan fingerprint density at radius 3 is 2.79 bits per heavy atom. The van der Waals surface area contributed by atoms with Crippen LogP contribution in [-0.4, -0.2) is 23.0 Å². The van der Waals surface area contributed by atoms with Crippen LogP contribution in [0.4, 0.5) is 0 Å². The number of benzene rings is 1. The van der Waals surface area contributed by atoms with Crippen LogP contribution < -0.4 is 11.1 Å². The molecule has 2 rings (SSSR count). The van der Waals surface area contributed by atoms with Crippen molar-refractivity contribution in [3.8, 4) is 0 Å². The van der Waals surface area contributed by atoms with Crippen LogP contribution in [0.5, 0.6) is 0 Å². The van der Waals surface area contributed by atoms with E-state index in [9.17, 15) is 4.79 Å². The van der Waals surface area contributed by atoms with Crippen LogP contribution >= 0.6 is 0 Å². The Morgan fingerprint density at radius 1 is 1.32 bits per heavy atom. The number of nitrogens with zero attached hydrogens (tertiary/aromatic N) is 1. The van der Waals surface area contributed by atoms with Crippen molar-refractivity contribution >= 4 is 16.8 Å². The molecule has 1 aromatic carbocycles. The molecule has 0 fully saturated rings. The Morgan fingerprint density at radius 2 is 2.05 bits per heavy atom. The number of carbonyl (C=O) groups is 1. The van der Waals surface area contributed by atoms with Crippen molar-refractivity contribution < 1.29 is 4.79 Å². The number of aromatic nitrogens is 1. The summed E-state index contributed by atoms with van der Waals surface area (Å²) in [4.78, 5) is 16.6. The van der Waals surface area contributed by atoms with Crippen LogP contribution in [0.25, 0.3) is 10.9 Å². The quantitative estimate of drug-likeness (QED) is 0.881. The number of amides is 1. The van der Waals surface area contributed by atoms with Crippen molar-refractivity contribution in [1.82, 2.24) is 10.3 Å². The lowest BCUT2D eigenvalue weighted by Gasteiger charge is -2.25. The SMILES string of the molecule is CC(C)(CCN)NC(=O)c1cccc2cccnc12. The predicted octanol–water partition coefficient (Wildman–Crippen LogP) is 2.09. The molecule has 0 spiro atoms. The van der Waals surface area contributed by atoms with Crippen LogP contribution in [0.15, 0.2) is 36.5 Å². The van der Waals surface area contributed by atoms with E-state index in [2.05, 4.69) is 10.3 Å². The normalized spacial score (nSPS) is 11.5. The van der Waals surface area contributed by atoms with Crippen LogP contribution in [0.1, 0.15) is 30.6 Å². The Hall–Kier alpha value is -1.94. The smallest absolute Gasteiger partial charge is 0.253 e. The third-order valence-corrected chi connectivity index (χ3v) is 3.10. The first-order chi connectivity index (χ1) is 9.03. The Balaban J connectivity index is 2.32. The number of nitrogens with two attached hydrogens (primary N) is 1. The van der Waals surface area contributed by atoms with Gasteiger partial charge in [0.05, 0.1) is 11.1 Å². The molecule has 1 heterocycles. The summed E-state index contributed by atoms with van der Waals surface area (Å²) in [7, 11) is 0. The molecule has 0 atom stereocenters. The maximum absolute atomic E-state index is 12.4. The van der Waals surface area contributed by atoms with E-state index in [1.807, 2.05) is 38.1 Å². The van der Waals surface area contributed by atoms with Crippen LogP contribution in [-0.2, 0) is 0 Å². The lowest BCUT2D eigenvalue weighted by atomic mass is 9.99. The molecule has 0 unspecified atom stereocenters. The van der Waals surface area contributed by atoms with E-state index in [0.717, 1.165) is 17.3 Å². The minimum atomic E-state index is -0.317. The second kappa shape index (κ2) is 5.36. The number of para-hydroxylation sites is 1. The highest BCUT2D eigenvalue weighted by atomic mass is 16.1. The molecule has 3 N–H and O–H groups in total. The van der Waals surface area contributed by atoms with Gasteiger partial charge in [-0.3, -0.25) is 9.78 Å². The van der Waals surface area contributed by atoms with Gasteiger partial charge in [0.25, 0.3) is 5.91 Å². The average Bonchev–Trinajstić information content (AvgIpc) is 2.37. The number of carbonyl (C=O) groups excluding carboxylic acids is 1. The maximum atomic E-state index is 12.4. The monoisotopic (exact) mass is 257 g/mol. The summed E-state index contributed by atoms with van der Waals surface area (Å²) in [6.07, 6.45) is 2.43. The first kappa shape index (κ1) is 13.5. The van der Waals surface area contributed by atoms with Crippen molar-refractivity contribution in [3.63, 3.8) is 0 Å². The van der Waals surface area contributed by atoms with Crippen molar-refractivity contribution in [1.29, 1.82) is 0 Å². The van der Waals surface area contributed by atoms with Crippen molar-refractivity contribution in [2.45, 2.75) is 25.8 Å². The lowest BCUT2D eigenvalue weighted by molar-refractivity contribution is 0.0912. The average molecular weight is 257 g/mol. The third kappa shape index (κ3) is 3.09. The summed E-state index contributed by atoms with van der Waals surface area (Å²) in [6, 6.07) is 9.43. The van der Waals surface area contributed by atoms with Crippen LogP contribution in [0, 0.1) is 0 Å². The number of hydrogen-bond donors (Lipinski definition) is 2. The van der Waals surface area contributed by atoms with Gasteiger partial charge >= 0.3 is 0 Å². The molecule has 19 heavy (non-hydrogen) atoms. The number of rotatable bonds is 4. The van der Waals surface area contributed by atoms with Gasteiger partial charge < -0.3 is 11.1 Å². The standard InChI is InChI=1S/C15H19N3O/c1-15(2,8-9-16)18-14(19)12-7-3-5-11-6-4-10-17-13(11)12/h3-7,10H,8-9,16H2,1-2H3,(H,18,19). The number of nitrogens with one attached hydrogen (secondary N) is 1. The van der Waals surface area contributed by atoms with E-state index in [0.29, 0.717) is 12.1 Å². The number of hydrogen-bond acceptors (Lipinski definition) is 3. The fourth-order valence-corrected chi connectivity index (χ4v) is 2.09. The molecule has 0 aliphatic rings. The van der Waals surface area contributed by atoms with Crippen molar-refractivity contribution in [2.75, 3.05) is 6.54 Å². The molecular formula is C15H19N3O. The van der Waals surface area contributed by atoms with Crippen molar-refractivity contribution in [2.24, 2.45) is 5.73 Å². The van der Waals surface area contributed by atoms with Gasteiger partial charge in [0, 0.05) is 17.1 Å². The zero-order chi connectivity index (χ0) is 13.9.